The van der Waals surface area contributed by atoms with Gasteiger partial charge in [0.05, 0.1) is 24.0 Å². The maximum Gasteiger partial charge on any atom is 0.119 e. The third-order valence-electron chi connectivity index (χ3n) is 5.34. The van der Waals surface area contributed by atoms with Crippen molar-refractivity contribution in [2.45, 2.75) is 19.3 Å². The van der Waals surface area contributed by atoms with E-state index in [1.807, 2.05) is 12.1 Å². The molecule has 1 aromatic carbocycles. The van der Waals surface area contributed by atoms with Gasteiger partial charge in [-0.2, -0.15) is 0 Å². The average Bonchev–Trinajstić information content (AvgIpc) is 2.60. The first-order valence-corrected chi connectivity index (χ1v) is 9.26. The molecule has 5 heteroatoms. The number of rotatable bonds is 2. The highest BCUT2D eigenvalue weighted by molar-refractivity contribution is 6.31. The van der Waals surface area contributed by atoms with E-state index in [1.165, 1.54) is 16.6 Å². The molecule has 0 amide bonds. The lowest BCUT2D eigenvalue weighted by Gasteiger charge is -2.37. The van der Waals surface area contributed by atoms with Crippen LogP contribution in [0.5, 0.6) is 5.75 Å². The molecule has 1 unspecified atom stereocenters. The van der Waals surface area contributed by atoms with E-state index in [-0.39, 0.29) is 0 Å². The summed E-state index contributed by atoms with van der Waals surface area (Å²) < 4.78 is 5.48. The molecule has 1 atom stereocenters. The summed E-state index contributed by atoms with van der Waals surface area (Å²) in [7, 11) is 3.90. The lowest BCUT2D eigenvalue weighted by Crippen LogP contribution is -2.45. The van der Waals surface area contributed by atoms with Crippen LogP contribution in [0, 0.1) is 0 Å². The van der Waals surface area contributed by atoms with E-state index in [0.717, 1.165) is 54.6 Å². The first-order chi connectivity index (χ1) is 12.1. The number of aromatic nitrogens is 1. The number of halogens is 1. The summed E-state index contributed by atoms with van der Waals surface area (Å²) in [6, 6.07) is 6.16. The molecule has 0 bridgehead atoms. The fraction of sp³-hybridized carbons (Fsp3) is 0.450. The minimum Gasteiger partial charge on any atom is -0.497 e. The predicted molar refractivity (Wildman–Crippen MR) is 105 cm³/mol. The molecule has 0 saturated carbocycles. The van der Waals surface area contributed by atoms with Crippen LogP contribution in [0.15, 0.2) is 23.2 Å². The van der Waals surface area contributed by atoms with E-state index < -0.39 is 0 Å². The fourth-order valence-electron chi connectivity index (χ4n) is 3.95. The van der Waals surface area contributed by atoms with Crippen molar-refractivity contribution in [3.63, 3.8) is 0 Å². The number of methoxy groups -OCH3 is 1. The van der Waals surface area contributed by atoms with Gasteiger partial charge >= 0.3 is 0 Å². The number of fused-ring (bicyclic) bond motifs is 2. The number of benzene rings is 1. The van der Waals surface area contributed by atoms with Gasteiger partial charge in [0.2, 0.25) is 0 Å². The van der Waals surface area contributed by atoms with Crippen LogP contribution in [0.25, 0.3) is 17.0 Å². The maximum absolute atomic E-state index is 6.38. The molecule has 1 aromatic heterocycles. The van der Waals surface area contributed by atoms with Crippen molar-refractivity contribution >= 4 is 34.3 Å². The zero-order valence-electron chi connectivity index (χ0n) is 15.1. The lowest BCUT2D eigenvalue weighted by atomic mass is 9.87. The van der Waals surface area contributed by atoms with Gasteiger partial charge in [-0.05, 0) is 43.7 Å². The van der Waals surface area contributed by atoms with E-state index in [2.05, 4.69) is 35.9 Å². The van der Waals surface area contributed by atoms with Gasteiger partial charge in [-0.15, -0.1) is 0 Å². The summed E-state index contributed by atoms with van der Waals surface area (Å²) in [6.07, 6.45) is 2.92. The van der Waals surface area contributed by atoms with E-state index in [4.69, 9.17) is 21.3 Å². The second-order valence-electron chi connectivity index (χ2n) is 7.13. The summed E-state index contributed by atoms with van der Waals surface area (Å²) >= 11 is 6.38. The van der Waals surface area contributed by atoms with Gasteiger partial charge in [0.1, 0.15) is 5.75 Å². The molecule has 0 N–H and O–H groups in total. The Morgan fingerprint density at radius 2 is 1.96 bits per heavy atom. The topological polar surface area (TPSA) is 28.6 Å². The Balaban J connectivity index is 1.97. The minimum absolute atomic E-state index is 0.366. The normalized spacial score (nSPS) is 21.2. The third-order valence-corrected chi connectivity index (χ3v) is 5.60. The van der Waals surface area contributed by atoms with Crippen molar-refractivity contribution in [3.05, 3.63) is 34.5 Å². The first-order valence-electron chi connectivity index (χ1n) is 8.88. The molecular weight excluding hydrogens is 334 g/mol. The standard InChI is InChI=1S/C20H24ClN3O/c1-13-10-14(21)11-18-19(13)20(24-8-6-23(2)7-9-24)16-12-15(25-3)4-5-17(16)22-18/h4-5,11-13H,6-10H2,1-3H3. The second-order valence-corrected chi connectivity index (χ2v) is 7.61. The molecule has 1 saturated heterocycles. The molecule has 2 heterocycles. The molecule has 132 valence electrons. The Labute approximate surface area is 154 Å². The first kappa shape index (κ1) is 16.7. The SMILES string of the molecule is COc1ccc2nc3c(c(N4CCN(C)CC4)c2c1)C(C)CC(Cl)=C3. The van der Waals surface area contributed by atoms with Crippen LogP contribution in [-0.4, -0.2) is 50.2 Å². The second kappa shape index (κ2) is 6.50. The van der Waals surface area contributed by atoms with Crippen molar-refractivity contribution in [1.29, 1.82) is 0 Å². The largest absolute Gasteiger partial charge is 0.497 e. The van der Waals surface area contributed by atoms with E-state index in [0.29, 0.717) is 5.92 Å². The van der Waals surface area contributed by atoms with Gasteiger partial charge in [0, 0.05) is 42.2 Å². The summed E-state index contributed by atoms with van der Waals surface area (Å²) in [5.41, 5.74) is 4.67. The minimum atomic E-state index is 0.366. The molecule has 2 aromatic rings. The molecule has 2 aliphatic rings. The van der Waals surface area contributed by atoms with Crippen LogP contribution in [0.1, 0.15) is 30.5 Å². The summed E-state index contributed by atoms with van der Waals surface area (Å²) in [6.45, 7) is 6.47. The van der Waals surface area contributed by atoms with Gasteiger partial charge in [-0.25, -0.2) is 4.98 Å². The maximum atomic E-state index is 6.38. The Morgan fingerprint density at radius 1 is 1.20 bits per heavy atom. The van der Waals surface area contributed by atoms with Gasteiger partial charge in [-0.3, -0.25) is 0 Å². The van der Waals surface area contributed by atoms with Crippen LogP contribution >= 0.6 is 11.6 Å². The zero-order chi connectivity index (χ0) is 17.6. The third kappa shape index (κ3) is 2.98. The highest BCUT2D eigenvalue weighted by atomic mass is 35.5. The van der Waals surface area contributed by atoms with E-state index in [9.17, 15) is 0 Å². The molecular formula is C20H24ClN3O. The molecule has 4 nitrogen and oxygen atoms in total. The van der Waals surface area contributed by atoms with Gasteiger partial charge in [0.25, 0.3) is 0 Å². The van der Waals surface area contributed by atoms with Gasteiger partial charge in [-0.1, -0.05) is 18.5 Å². The number of likely N-dealkylation sites (N-methyl/N-ethyl adjacent to an activating group) is 1. The number of anilines is 1. The van der Waals surface area contributed by atoms with Crippen molar-refractivity contribution in [2.75, 3.05) is 45.2 Å². The predicted octanol–water partition coefficient (Wildman–Crippen LogP) is 4.08. The number of ether oxygens (including phenoxy) is 1. The quantitative estimate of drug-likeness (QED) is 0.809. The van der Waals surface area contributed by atoms with Crippen molar-refractivity contribution < 1.29 is 4.74 Å². The van der Waals surface area contributed by atoms with E-state index >= 15 is 0 Å². The number of allylic oxidation sites excluding steroid dienone is 1. The summed E-state index contributed by atoms with van der Waals surface area (Å²) in [4.78, 5) is 9.81. The fourth-order valence-corrected chi connectivity index (χ4v) is 4.29. The Hall–Kier alpha value is -1.78. The van der Waals surface area contributed by atoms with Crippen LogP contribution < -0.4 is 9.64 Å². The van der Waals surface area contributed by atoms with Gasteiger partial charge < -0.3 is 14.5 Å². The Kier molecular flexibility index (Phi) is 4.34. The number of piperazine rings is 1. The number of nitrogens with zero attached hydrogens (tertiary/aromatic N) is 3. The van der Waals surface area contributed by atoms with Crippen LogP contribution in [-0.2, 0) is 0 Å². The number of hydrogen-bond donors (Lipinski definition) is 0. The molecule has 1 fully saturated rings. The van der Waals surface area contributed by atoms with Crippen molar-refractivity contribution in [2.24, 2.45) is 0 Å². The molecule has 1 aliphatic heterocycles. The number of pyridine rings is 1. The van der Waals surface area contributed by atoms with Crippen LogP contribution in [0.4, 0.5) is 5.69 Å². The Morgan fingerprint density at radius 3 is 2.68 bits per heavy atom. The highest BCUT2D eigenvalue weighted by Gasteiger charge is 2.28. The van der Waals surface area contributed by atoms with E-state index in [1.54, 1.807) is 7.11 Å². The van der Waals surface area contributed by atoms with Gasteiger partial charge in [0.15, 0.2) is 0 Å². The zero-order valence-corrected chi connectivity index (χ0v) is 15.8. The summed E-state index contributed by atoms with van der Waals surface area (Å²) in [5.74, 6) is 1.24. The molecule has 4 rings (SSSR count). The smallest absolute Gasteiger partial charge is 0.119 e. The Bertz CT molecular complexity index is 840. The average molecular weight is 358 g/mol. The highest BCUT2D eigenvalue weighted by Crippen LogP contribution is 2.44. The lowest BCUT2D eigenvalue weighted by molar-refractivity contribution is 0.312. The monoisotopic (exact) mass is 357 g/mol. The number of hydrogen-bond acceptors (Lipinski definition) is 4. The summed E-state index contributed by atoms with van der Waals surface area (Å²) in [5, 5.41) is 2.07. The van der Waals surface area contributed by atoms with Crippen LogP contribution in [0.3, 0.4) is 0 Å². The molecule has 0 radical (unpaired) electrons. The molecule has 0 spiro atoms. The molecule has 1 aliphatic carbocycles. The van der Waals surface area contributed by atoms with Crippen LogP contribution in [0.2, 0.25) is 0 Å². The van der Waals surface area contributed by atoms with Crippen molar-refractivity contribution in [1.82, 2.24) is 9.88 Å². The van der Waals surface area contributed by atoms with Crippen molar-refractivity contribution in [3.8, 4) is 5.75 Å². The molecule has 25 heavy (non-hydrogen) atoms.